The molecule has 1 N–H and O–H groups in total. The van der Waals surface area contributed by atoms with E-state index in [0.717, 1.165) is 41.9 Å². The van der Waals surface area contributed by atoms with Gasteiger partial charge in [-0.25, -0.2) is 4.98 Å². The molecule has 1 aliphatic carbocycles. The van der Waals surface area contributed by atoms with Crippen molar-refractivity contribution in [2.24, 2.45) is 0 Å². The number of para-hydroxylation sites is 2. The third kappa shape index (κ3) is 4.59. The molecule has 4 nitrogen and oxygen atoms in total. The maximum absolute atomic E-state index is 10.8. The number of allylic oxidation sites excluding steroid dienone is 2. The normalized spacial score (nSPS) is 17.9. The van der Waals surface area contributed by atoms with Crippen LogP contribution in [0, 0.1) is 0 Å². The van der Waals surface area contributed by atoms with Crippen molar-refractivity contribution in [3.63, 3.8) is 0 Å². The van der Waals surface area contributed by atoms with Gasteiger partial charge in [-0.05, 0) is 54.5 Å². The van der Waals surface area contributed by atoms with E-state index in [1.165, 1.54) is 5.56 Å². The topological polar surface area (TPSA) is 47.3 Å². The van der Waals surface area contributed by atoms with Crippen molar-refractivity contribution in [1.82, 2.24) is 9.55 Å². The average Bonchev–Trinajstić information content (AvgIpc) is 3.11. The molecule has 0 aliphatic heterocycles. The minimum absolute atomic E-state index is 0.116. The highest BCUT2D eigenvalue weighted by Gasteiger charge is 2.22. The molecule has 0 saturated heterocycles. The predicted octanol–water partition coefficient (Wildman–Crippen LogP) is 5.60. The smallest absolute Gasteiger partial charge is 0.119 e. The summed E-state index contributed by atoms with van der Waals surface area (Å²) < 4.78 is 8.08. The fourth-order valence-electron chi connectivity index (χ4n) is 4.13. The number of benzene rings is 2. The summed E-state index contributed by atoms with van der Waals surface area (Å²) >= 11 is 0. The van der Waals surface area contributed by atoms with Gasteiger partial charge in [-0.15, -0.1) is 0 Å². The number of aromatic nitrogens is 2. The first-order valence-electron chi connectivity index (χ1n) is 10.9. The van der Waals surface area contributed by atoms with Crippen LogP contribution in [0.5, 0.6) is 5.75 Å². The van der Waals surface area contributed by atoms with E-state index in [-0.39, 0.29) is 12.0 Å². The lowest BCUT2D eigenvalue weighted by atomic mass is 9.87. The van der Waals surface area contributed by atoms with Crippen molar-refractivity contribution in [2.75, 3.05) is 6.61 Å². The van der Waals surface area contributed by atoms with Crippen molar-refractivity contribution in [1.29, 1.82) is 0 Å². The number of ether oxygens (including phenoxy) is 1. The van der Waals surface area contributed by atoms with Crippen LogP contribution in [0.25, 0.3) is 11.0 Å². The van der Waals surface area contributed by atoms with Crippen LogP contribution in [0.2, 0.25) is 0 Å². The lowest BCUT2D eigenvalue weighted by molar-refractivity contribution is 0.0923. The first-order valence-corrected chi connectivity index (χ1v) is 10.9. The Labute approximate surface area is 179 Å². The van der Waals surface area contributed by atoms with E-state index in [4.69, 9.17) is 9.72 Å². The standard InChI is InChI=1S/C26H32N2O2/c1-26(2,3)20-13-15-22(16-14-20)30-18-21(29)17-28-24-12-8-7-11-23(24)27-25(28)19-9-5-4-6-10-19/h4-5,7-8,11-16,19,21,29H,6,9-10,17-18H2,1-3H3. The molecule has 30 heavy (non-hydrogen) atoms. The van der Waals surface area contributed by atoms with E-state index in [1.54, 1.807) is 0 Å². The van der Waals surface area contributed by atoms with Crippen LogP contribution >= 0.6 is 0 Å². The first kappa shape index (κ1) is 20.7. The third-order valence-corrected chi connectivity index (χ3v) is 5.87. The zero-order valence-electron chi connectivity index (χ0n) is 18.2. The highest BCUT2D eigenvalue weighted by Crippen LogP contribution is 2.31. The molecule has 0 saturated carbocycles. The first-order chi connectivity index (χ1) is 14.4. The monoisotopic (exact) mass is 404 g/mol. The molecule has 0 amide bonds. The molecule has 2 atom stereocenters. The zero-order valence-corrected chi connectivity index (χ0v) is 18.2. The van der Waals surface area contributed by atoms with E-state index in [1.807, 2.05) is 30.3 Å². The van der Waals surface area contributed by atoms with E-state index in [0.29, 0.717) is 12.5 Å². The Balaban J connectivity index is 1.47. The number of imidazole rings is 1. The summed E-state index contributed by atoms with van der Waals surface area (Å²) in [4.78, 5) is 4.92. The lowest BCUT2D eigenvalue weighted by Crippen LogP contribution is -2.25. The molecule has 0 spiro atoms. The number of aliphatic hydroxyl groups is 1. The van der Waals surface area contributed by atoms with E-state index < -0.39 is 6.10 Å². The zero-order chi connectivity index (χ0) is 21.1. The number of rotatable bonds is 6. The largest absolute Gasteiger partial charge is 0.491 e. The molecule has 0 bridgehead atoms. The van der Waals surface area contributed by atoms with Gasteiger partial charge in [0.2, 0.25) is 0 Å². The molecule has 2 unspecified atom stereocenters. The molecule has 2 aromatic carbocycles. The van der Waals surface area contributed by atoms with Gasteiger partial charge in [0.05, 0.1) is 17.6 Å². The van der Waals surface area contributed by atoms with Gasteiger partial charge in [0.25, 0.3) is 0 Å². The highest BCUT2D eigenvalue weighted by atomic mass is 16.5. The van der Waals surface area contributed by atoms with Crippen LogP contribution in [0.3, 0.4) is 0 Å². The van der Waals surface area contributed by atoms with Crippen molar-refractivity contribution >= 4 is 11.0 Å². The Morgan fingerprint density at radius 3 is 2.57 bits per heavy atom. The Bertz CT molecular complexity index is 1010. The molecule has 4 rings (SSSR count). The number of fused-ring (bicyclic) bond motifs is 1. The maximum atomic E-state index is 10.8. The molecule has 1 aromatic heterocycles. The van der Waals surface area contributed by atoms with Crippen molar-refractivity contribution in [3.05, 3.63) is 72.1 Å². The fourth-order valence-corrected chi connectivity index (χ4v) is 4.13. The number of hydrogen-bond acceptors (Lipinski definition) is 3. The molecule has 158 valence electrons. The lowest BCUT2D eigenvalue weighted by Gasteiger charge is -2.21. The van der Waals surface area contributed by atoms with Gasteiger partial charge in [-0.1, -0.05) is 57.2 Å². The molecular formula is C26H32N2O2. The summed E-state index contributed by atoms with van der Waals surface area (Å²) in [7, 11) is 0. The summed E-state index contributed by atoms with van der Waals surface area (Å²) in [5.74, 6) is 2.27. The van der Waals surface area contributed by atoms with Gasteiger partial charge in [0.15, 0.2) is 0 Å². The van der Waals surface area contributed by atoms with Gasteiger partial charge >= 0.3 is 0 Å². The van der Waals surface area contributed by atoms with Crippen LogP contribution in [0.1, 0.15) is 57.3 Å². The predicted molar refractivity (Wildman–Crippen MR) is 122 cm³/mol. The number of nitrogens with zero attached hydrogens (tertiary/aromatic N) is 2. The van der Waals surface area contributed by atoms with Crippen molar-refractivity contribution in [3.8, 4) is 5.75 Å². The number of hydrogen-bond donors (Lipinski definition) is 1. The molecule has 1 heterocycles. The Morgan fingerprint density at radius 1 is 1.10 bits per heavy atom. The van der Waals surface area contributed by atoms with Crippen molar-refractivity contribution in [2.45, 2.75) is 64.0 Å². The van der Waals surface area contributed by atoms with Gasteiger partial charge in [-0.2, -0.15) is 0 Å². The molecule has 3 aromatic rings. The molecule has 0 fully saturated rings. The van der Waals surface area contributed by atoms with Crippen LogP contribution in [-0.2, 0) is 12.0 Å². The average molecular weight is 405 g/mol. The summed E-state index contributed by atoms with van der Waals surface area (Å²) in [5, 5.41) is 10.8. The summed E-state index contributed by atoms with van der Waals surface area (Å²) in [6.45, 7) is 7.33. The van der Waals surface area contributed by atoms with Gasteiger partial charge in [-0.3, -0.25) is 0 Å². The van der Waals surface area contributed by atoms with Crippen LogP contribution < -0.4 is 4.74 Å². The highest BCUT2D eigenvalue weighted by molar-refractivity contribution is 5.76. The van der Waals surface area contributed by atoms with Crippen molar-refractivity contribution < 1.29 is 9.84 Å². The summed E-state index contributed by atoms with van der Waals surface area (Å²) in [5.41, 5.74) is 3.46. The molecule has 4 heteroatoms. The molecule has 1 aliphatic rings. The van der Waals surface area contributed by atoms with Crippen LogP contribution in [0.4, 0.5) is 0 Å². The summed E-state index contributed by atoms with van der Waals surface area (Å²) in [6.07, 6.45) is 7.09. The van der Waals surface area contributed by atoms with Gasteiger partial charge < -0.3 is 14.4 Å². The quantitative estimate of drug-likeness (QED) is 0.544. The minimum atomic E-state index is -0.609. The second kappa shape index (κ2) is 8.65. The summed E-state index contributed by atoms with van der Waals surface area (Å²) in [6, 6.07) is 16.4. The Morgan fingerprint density at radius 2 is 1.87 bits per heavy atom. The molecule has 0 radical (unpaired) electrons. The van der Waals surface area contributed by atoms with Gasteiger partial charge in [0, 0.05) is 5.92 Å². The minimum Gasteiger partial charge on any atom is -0.491 e. The van der Waals surface area contributed by atoms with Crippen LogP contribution in [0.15, 0.2) is 60.7 Å². The van der Waals surface area contributed by atoms with E-state index in [9.17, 15) is 5.11 Å². The number of aliphatic hydroxyl groups excluding tert-OH is 1. The second-order valence-corrected chi connectivity index (χ2v) is 9.29. The Kier molecular flexibility index (Phi) is 5.96. The Hall–Kier alpha value is -2.59. The van der Waals surface area contributed by atoms with E-state index >= 15 is 0 Å². The third-order valence-electron chi connectivity index (χ3n) is 5.87. The molecular weight excluding hydrogens is 372 g/mol. The fraction of sp³-hybridized carbons (Fsp3) is 0.423. The SMILES string of the molecule is CC(C)(C)c1ccc(OCC(O)Cn2c(C3CC=CCC3)nc3ccccc32)cc1. The second-order valence-electron chi connectivity index (χ2n) is 9.29. The van der Waals surface area contributed by atoms with Crippen LogP contribution in [-0.4, -0.2) is 27.4 Å². The van der Waals surface area contributed by atoms with Gasteiger partial charge in [0.1, 0.15) is 24.3 Å². The maximum Gasteiger partial charge on any atom is 0.119 e. The van der Waals surface area contributed by atoms with E-state index in [2.05, 4.69) is 55.7 Å².